The van der Waals surface area contributed by atoms with Crippen LogP contribution < -0.4 is 5.32 Å². The van der Waals surface area contributed by atoms with Gasteiger partial charge in [0.05, 0.1) is 12.1 Å². The first-order valence-electron chi connectivity index (χ1n) is 9.71. The zero-order valence-corrected chi connectivity index (χ0v) is 18.9. The Bertz CT molecular complexity index is 392. The van der Waals surface area contributed by atoms with Gasteiger partial charge in [-0.2, -0.15) is 0 Å². The first-order chi connectivity index (χ1) is 11.6. The van der Waals surface area contributed by atoms with Crippen molar-refractivity contribution in [2.45, 2.75) is 58.0 Å². The van der Waals surface area contributed by atoms with Crippen molar-refractivity contribution in [1.29, 1.82) is 0 Å². The molecule has 0 bridgehead atoms. The van der Waals surface area contributed by atoms with Crippen LogP contribution >= 0.6 is 24.0 Å². The largest absolute Gasteiger partial charge is 0.381 e. The predicted molar refractivity (Wildman–Crippen MR) is 115 cm³/mol. The number of hydrogen-bond donors (Lipinski definition) is 1. The molecule has 0 aromatic carbocycles. The van der Waals surface area contributed by atoms with E-state index in [1.807, 2.05) is 0 Å². The summed E-state index contributed by atoms with van der Waals surface area (Å²) >= 11 is 0. The highest BCUT2D eigenvalue weighted by molar-refractivity contribution is 14.0. The van der Waals surface area contributed by atoms with Gasteiger partial charge in [0.15, 0.2) is 5.96 Å². The molecule has 2 rings (SSSR count). The molecular weight excluding hydrogens is 429 g/mol. The molecule has 0 aromatic rings. The fourth-order valence-electron chi connectivity index (χ4n) is 3.84. The molecule has 1 saturated heterocycles. The lowest BCUT2D eigenvalue weighted by Crippen LogP contribution is -2.45. The number of nitrogens with one attached hydrogen (secondary N) is 1. The summed E-state index contributed by atoms with van der Waals surface area (Å²) in [6.07, 6.45) is 7.31. The molecule has 2 aliphatic rings. The van der Waals surface area contributed by atoms with Crippen molar-refractivity contribution in [2.24, 2.45) is 16.8 Å². The smallest absolute Gasteiger partial charge is 0.193 e. The lowest BCUT2D eigenvalue weighted by Gasteiger charge is -2.35. The summed E-state index contributed by atoms with van der Waals surface area (Å²) < 4.78 is 11.3. The molecule has 2 fully saturated rings. The van der Waals surface area contributed by atoms with Crippen molar-refractivity contribution in [3.63, 3.8) is 0 Å². The van der Waals surface area contributed by atoms with Crippen LogP contribution in [0.15, 0.2) is 4.99 Å². The van der Waals surface area contributed by atoms with Gasteiger partial charge in [-0.1, -0.05) is 19.8 Å². The van der Waals surface area contributed by atoms with E-state index in [2.05, 4.69) is 31.1 Å². The maximum atomic E-state index is 5.82. The third-order valence-electron chi connectivity index (χ3n) is 5.72. The second-order valence-electron chi connectivity index (χ2n) is 7.68. The molecule has 1 N–H and O–H groups in total. The van der Waals surface area contributed by atoms with E-state index in [-0.39, 0.29) is 29.6 Å². The molecule has 0 aromatic heterocycles. The van der Waals surface area contributed by atoms with Crippen LogP contribution in [0.1, 0.15) is 52.4 Å². The van der Waals surface area contributed by atoms with E-state index in [1.165, 1.54) is 25.7 Å². The molecule has 5 nitrogen and oxygen atoms in total. The van der Waals surface area contributed by atoms with Crippen molar-refractivity contribution in [1.82, 2.24) is 10.2 Å². The number of aliphatic imine (C=N–C) groups is 1. The van der Waals surface area contributed by atoms with Crippen LogP contribution in [0.5, 0.6) is 0 Å². The molecule has 6 heteroatoms. The van der Waals surface area contributed by atoms with Gasteiger partial charge >= 0.3 is 0 Å². The summed E-state index contributed by atoms with van der Waals surface area (Å²) in [6, 6.07) is 0. The minimum atomic E-state index is -0.153. The molecule has 1 heterocycles. The molecule has 1 aliphatic carbocycles. The van der Waals surface area contributed by atoms with E-state index in [0.29, 0.717) is 6.54 Å². The molecule has 0 radical (unpaired) electrons. The second kappa shape index (κ2) is 11.6. The van der Waals surface area contributed by atoms with Crippen LogP contribution in [-0.4, -0.2) is 63.5 Å². The van der Waals surface area contributed by atoms with Gasteiger partial charge in [0.25, 0.3) is 0 Å². The molecule has 0 atom stereocenters. The van der Waals surface area contributed by atoms with Gasteiger partial charge < -0.3 is 19.7 Å². The zero-order valence-electron chi connectivity index (χ0n) is 16.6. The van der Waals surface area contributed by atoms with Gasteiger partial charge in [-0.3, -0.25) is 4.99 Å². The fraction of sp³-hybridized carbons (Fsp3) is 0.947. The summed E-state index contributed by atoms with van der Waals surface area (Å²) in [5, 5.41) is 3.45. The Labute approximate surface area is 171 Å². The van der Waals surface area contributed by atoms with Crippen LogP contribution in [0.4, 0.5) is 0 Å². The molecular formula is C19H38IN3O2. The highest BCUT2D eigenvalue weighted by Crippen LogP contribution is 2.29. The highest BCUT2D eigenvalue weighted by Gasteiger charge is 2.32. The average Bonchev–Trinajstić information content (AvgIpc) is 2.61. The normalized spacial score (nSPS) is 26.6. The Hall–Kier alpha value is -0.0800. The van der Waals surface area contributed by atoms with Crippen molar-refractivity contribution in [3.8, 4) is 0 Å². The summed E-state index contributed by atoms with van der Waals surface area (Å²) in [4.78, 5) is 7.22. The van der Waals surface area contributed by atoms with E-state index in [4.69, 9.17) is 14.5 Å². The lowest BCUT2D eigenvalue weighted by molar-refractivity contribution is -0.0829. The highest BCUT2D eigenvalue weighted by atomic mass is 127. The average molecular weight is 467 g/mol. The Balaban J connectivity index is 0.00000312. The van der Waals surface area contributed by atoms with Gasteiger partial charge in [0.1, 0.15) is 0 Å². The van der Waals surface area contributed by atoms with Crippen molar-refractivity contribution < 1.29 is 9.47 Å². The van der Waals surface area contributed by atoms with Crippen molar-refractivity contribution >= 4 is 29.9 Å². The summed E-state index contributed by atoms with van der Waals surface area (Å²) in [5.41, 5.74) is -0.153. The first-order valence-corrected chi connectivity index (χ1v) is 9.71. The summed E-state index contributed by atoms with van der Waals surface area (Å²) in [6.45, 7) is 8.76. The van der Waals surface area contributed by atoms with Gasteiger partial charge in [-0.15, -0.1) is 24.0 Å². The standard InChI is InChI=1S/C19H37N3O2.HI/c1-5-20-18(21-15-19(23-4)10-12-24-13-11-19)22(3)14-17-8-6-16(2)7-9-17;/h16-17H,5-15H2,1-4H3,(H,20,21);1H. The fourth-order valence-corrected chi connectivity index (χ4v) is 3.84. The summed E-state index contributed by atoms with van der Waals surface area (Å²) in [5.74, 6) is 2.72. The Morgan fingerprint density at radius 1 is 1.24 bits per heavy atom. The minimum Gasteiger partial charge on any atom is -0.381 e. The van der Waals surface area contributed by atoms with Gasteiger partial charge in [-0.25, -0.2) is 0 Å². The van der Waals surface area contributed by atoms with E-state index >= 15 is 0 Å². The third kappa shape index (κ3) is 7.21. The number of rotatable bonds is 6. The van der Waals surface area contributed by atoms with Gasteiger partial charge in [-0.05, 0) is 31.6 Å². The van der Waals surface area contributed by atoms with E-state index < -0.39 is 0 Å². The van der Waals surface area contributed by atoms with Crippen molar-refractivity contribution in [2.75, 3.05) is 47.0 Å². The third-order valence-corrected chi connectivity index (χ3v) is 5.72. The van der Waals surface area contributed by atoms with Crippen LogP contribution in [-0.2, 0) is 9.47 Å². The SMILES string of the molecule is CCNC(=NCC1(OC)CCOCC1)N(C)CC1CCC(C)CC1.I. The molecule has 1 saturated carbocycles. The lowest BCUT2D eigenvalue weighted by atomic mass is 9.83. The predicted octanol–water partition coefficient (Wildman–Crippen LogP) is 3.52. The maximum Gasteiger partial charge on any atom is 0.193 e. The first kappa shape index (κ1) is 23.0. The van der Waals surface area contributed by atoms with Crippen LogP contribution in [0.3, 0.4) is 0 Å². The number of methoxy groups -OCH3 is 1. The maximum absolute atomic E-state index is 5.82. The van der Waals surface area contributed by atoms with Crippen molar-refractivity contribution in [3.05, 3.63) is 0 Å². The quantitative estimate of drug-likeness (QED) is 0.369. The Morgan fingerprint density at radius 2 is 1.88 bits per heavy atom. The molecule has 1 aliphatic heterocycles. The molecule has 0 unspecified atom stereocenters. The Morgan fingerprint density at radius 3 is 2.44 bits per heavy atom. The topological polar surface area (TPSA) is 46.1 Å². The van der Waals surface area contributed by atoms with E-state index in [9.17, 15) is 0 Å². The molecule has 148 valence electrons. The Kier molecular flexibility index (Phi) is 10.6. The number of guanidine groups is 1. The molecule has 0 amide bonds. The number of nitrogens with zero attached hydrogens (tertiary/aromatic N) is 2. The monoisotopic (exact) mass is 467 g/mol. The molecule has 0 spiro atoms. The van der Waals surface area contributed by atoms with Crippen LogP contribution in [0, 0.1) is 11.8 Å². The molecule has 25 heavy (non-hydrogen) atoms. The number of hydrogen-bond acceptors (Lipinski definition) is 3. The van der Waals surface area contributed by atoms with E-state index in [1.54, 1.807) is 7.11 Å². The second-order valence-corrected chi connectivity index (χ2v) is 7.68. The number of halogens is 1. The van der Waals surface area contributed by atoms with Gasteiger partial charge in [0.2, 0.25) is 0 Å². The van der Waals surface area contributed by atoms with Crippen LogP contribution in [0.2, 0.25) is 0 Å². The number of ether oxygens (including phenoxy) is 2. The van der Waals surface area contributed by atoms with Gasteiger partial charge in [0, 0.05) is 53.3 Å². The minimum absolute atomic E-state index is 0. The van der Waals surface area contributed by atoms with Crippen LogP contribution in [0.25, 0.3) is 0 Å². The summed E-state index contributed by atoms with van der Waals surface area (Å²) in [7, 11) is 3.98. The van der Waals surface area contributed by atoms with E-state index in [0.717, 1.165) is 56.9 Å². The zero-order chi connectivity index (χ0) is 17.4.